The molecule has 4 nitrogen and oxygen atoms in total. The van der Waals surface area contributed by atoms with Crippen molar-refractivity contribution in [3.05, 3.63) is 41.3 Å². The maximum absolute atomic E-state index is 4.67. The lowest BCUT2D eigenvalue weighted by molar-refractivity contribution is 0.634. The van der Waals surface area contributed by atoms with Crippen LogP contribution < -0.4 is 5.32 Å². The van der Waals surface area contributed by atoms with Gasteiger partial charge in [0.2, 0.25) is 0 Å². The van der Waals surface area contributed by atoms with Gasteiger partial charge >= 0.3 is 0 Å². The number of aryl methyl sites for hydroxylation is 2. The van der Waals surface area contributed by atoms with E-state index in [4.69, 9.17) is 0 Å². The standard InChI is InChI=1S/C15H22N4/c1-5-12-10-13(6-2)19(18-12)15-14(11(3)16-4)8-7-9-17-15/h7-11,16H,5-6H2,1-4H3. The lowest BCUT2D eigenvalue weighted by Crippen LogP contribution is -2.17. The number of hydrogen-bond donors (Lipinski definition) is 1. The second kappa shape index (κ2) is 5.97. The normalized spacial score (nSPS) is 12.6. The highest BCUT2D eigenvalue weighted by molar-refractivity contribution is 5.37. The number of nitrogens with zero attached hydrogens (tertiary/aromatic N) is 3. The van der Waals surface area contributed by atoms with E-state index < -0.39 is 0 Å². The van der Waals surface area contributed by atoms with E-state index in [-0.39, 0.29) is 6.04 Å². The van der Waals surface area contributed by atoms with E-state index in [0.717, 1.165) is 24.4 Å². The highest BCUT2D eigenvalue weighted by Gasteiger charge is 2.15. The molecule has 0 spiro atoms. The Balaban J connectivity index is 2.55. The lowest BCUT2D eigenvalue weighted by atomic mass is 10.1. The summed E-state index contributed by atoms with van der Waals surface area (Å²) in [5.74, 6) is 0.931. The van der Waals surface area contributed by atoms with Crippen LogP contribution in [0.25, 0.3) is 5.82 Å². The summed E-state index contributed by atoms with van der Waals surface area (Å²) in [6.45, 7) is 6.41. The molecule has 2 aromatic rings. The zero-order valence-corrected chi connectivity index (χ0v) is 12.1. The molecule has 0 aliphatic carbocycles. The summed E-state index contributed by atoms with van der Waals surface area (Å²) in [5, 5.41) is 7.94. The fourth-order valence-electron chi connectivity index (χ4n) is 2.16. The fraction of sp³-hybridized carbons (Fsp3) is 0.467. The van der Waals surface area contributed by atoms with Crippen molar-refractivity contribution in [2.24, 2.45) is 0 Å². The van der Waals surface area contributed by atoms with Crippen molar-refractivity contribution in [3.63, 3.8) is 0 Å². The molecule has 0 saturated heterocycles. The molecule has 0 aromatic carbocycles. The van der Waals surface area contributed by atoms with Crippen LogP contribution in [0.15, 0.2) is 24.4 Å². The highest BCUT2D eigenvalue weighted by Crippen LogP contribution is 2.21. The van der Waals surface area contributed by atoms with Crippen molar-refractivity contribution in [2.45, 2.75) is 39.7 Å². The number of rotatable bonds is 5. The van der Waals surface area contributed by atoms with E-state index in [1.54, 1.807) is 0 Å². The predicted molar refractivity (Wildman–Crippen MR) is 77.6 cm³/mol. The fourth-order valence-corrected chi connectivity index (χ4v) is 2.16. The predicted octanol–water partition coefficient (Wildman–Crippen LogP) is 2.67. The maximum atomic E-state index is 4.67. The van der Waals surface area contributed by atoms with Crippen LogP contribution in [-0.2, 0) is 12.8 Å². The van der Waals surface area contributed by atoms with Crippen LogP contribution in [0.3, 0.4) is 0 Å². The minimum absolute atomic E-state index is 0.252. The minimum atomic E-state index is 0.252. The topological polar surface area (TPSA) is 42.7 Å². The first-order valence-corrected chi connectivity index (χ1v) is 6.91. The third-order valence-electron chi connectivity index (χ3n) is 3.48. The average Bonchev–Trinajstić information content (AvgIpc) is 2.89. The van der Waals surface area contributed by atoms with Crippen LogP contribution in [0.4, 0.5) is 0 Å². The van der Waals surface area contributed by atoms with Gasteiger partial charge in [0.15, 0.2) is 5.82 Å². The molecular formula is C15H22N4. The quantitative estimate of drug-likeness (QED) is 0.896. The number of pyridine rings is 1. The third-order valence-corrected chi connectivity index (χ3v) is 3.48. The Labute approximate surface area is 114 Å². The van der Waals surface area contributed by atoms with Gasteiger partial charge in [0.1, 0.15) is 0 Å². The van der Waals surface area contributed by atoms with Crippen molar-refractivity contribution in [2.75, 3.05) is 7.05 Å². The Kier molecular flexibility index (Phi) is 4.32. The van der Waals surface area contributed by atoms with Gasteiger partial charge in [-0.2, -0.15) is 5.10 Å². The maximum Gasteiger partial charge on any atom is 0.158 e. The van der Waals surface area contributed by atoms with Crippen molar-refractivity contribution < 1.29 is 0 Å². The molecule has 2 aromatic heterocycles. The number of hydrogen-bond acceptors (Lipinski definition) is 3. The number of nitrogens with one attached hydrogen (secondary N) is 1. The van der Waals surface area contributed by atoms with Crippen molar-refractivity contribution >= 4 is 0 Å². The zero-order chi connectivity index (χ0) is 13.8. The largest absolute Gasteiger partial charge is 0.313 e. The Hall–Kier alpha value is -1.68. The molecule has 0 aliphatic heterocycles. The second-order valence-electron chi connectivity index (χ2n) is 4.67. The summed E-state index contributed by atoms with van der Waals surface area (Å²) in [6, 6.07) is 6.50. The van der Waals surface area contributed by atoms with Gasteiger partial charge < -0.3 is 5.32 Å². The van der Waals surface area contributed by atoms with Crippen LogP contribution in [0.5, 0.6) is 0 Å². The van der Waals surface area contributed by atoms with Gasteiger partial charge in [-0.15, -0.1) is 0 Å². The van der Waals surface area contributed by atoms with E-state index in [0.29, 0.717) is 0 Å². The summed E-state index contributed by atoms with van der Waals surface area (Å²) in [5.41, 5.74) is 3.50. The van der Waals surface area contributed by atoms with Crippen LogP contribution in [-0.4, -0.2) is 21.8 Å². The third kappa shape index (κ3) is 2.68. The Morgan fingerprint density at radius 1 is 1.32 bits per heavy atom. The molecule has 19 heavy (non-hydrogen) atoms. The molecule has 4 heteroatoms. The monoisotopic (exact) mass is 258 g/mol. The van der Waals surface area contributed by atoms with Gasteiger partial charge in [0.05, 0.1) is 5.69 Å². The second-order valence-corrected chi connectivity index (χ2v) is 4.67. The van der Waals surface area contributed by atoms with E-state index in [2.05, 4.69) is 48.3 Å². The Morgan fingerprint density at radius 2 is 2.11 bits per heavy atom. The summed E-state index contributed by atoms with van der Waals surface area (Å²) in [7, 11) is 1.96. The van der Waals surface area contributed by atoms with Crippen LogP contribution in [0.2, 0.25) is 0 Å². The zero-order valence-electron chi connectivity index (χ0n) is 12.1. The SMILES string of the molecule is CCc1cc(CC)n(-c2ncccc2C(C)NC)n1. The first-order valence-electron chi connectivity index (χ1n) is 6.91. The van der Waals surface area contributed by atoms with Crippen molar-refractivity contribution in [1.29, 1.82) is 0 Å². The molecule has 0 saturated carbocycles. The van der Waals surface area contributed by atoms with Gasteiger partial charge in [-0.3, -0.25) is 0 Å². The average molecular weight is 258 g/mol. The minimum Gasteiger partial charge on any atom is -0.313 e. The summed E-state index contributed by atoms with van der Waals surface area (Å²) >= 11 is 0. The molecule has 1 N–H and O–H groups in total. The molecular weight excluding hydrogens is 236 g/mol. The molecule has 1 atom stereocenters. The number of aromatic nitrogens is 3. The van der Waals surface area contributed by atoms with Crippen LogP contribution >= 0.6 is 0 Å². The van der Waals surface area contributed by atoms with Gasteiger partial charge in [-0.1, -0.05) is 19.9 Å². The van der Waals surface area contributed by atoms with E-state index in [9.17, 15) is 0 Å². The molecule has 0 amide bonds. The Morgan fingerprint density at radius 3 is 2.74 bits per heavy atom. The summed E-state index contributed by atoms with van der Waals surface area (Å²) in [6.07, 6.45) is 3.73. The van der Waals surface area contributed by atoms with Crippen LogP contribution in [0, 0.1) is 0 Å². The lowest BCUT2D eigenvalue weighted by Gasteiger charge is -2.15. The van der Waals surface area contributed by atoms with Gasteiger partial charge in [-0.05, 0) is 38.9 Å². The van der Waals surface area contributed by atoms with Gasteiger partial charge in [0.25, 0.3) is 0 Å². The molecule has 2 rings (SSSR count). The molecule has 0 aliphatic rings. The molecule has 1 unspecified atom stereocenters. The van der Waals surface area contributed by atoms with Gasteiger partial charge in [0, 0.05) is 23.5 Å². The van der Waals surface area contributed by atoms with E-state index in [1.807, 2.05) is 24.0 Å². The molecule has 0 radical (unpaired) electrons. The smallest absolute Gasteiger partial charge is 0.158 e. The molecule has 2 heterocycles. The summed E-state index contributed by atoms with van der Waals surface area (Å²) < 4.78 is 1.99. The first kappa shape index (κ1) is 13.7. The van der Waals surface area contributed by atoms with Gasteiger partial charge in [-0.25, -0.2) is 9.67 Å². The Bertz CT molecular complexity index is 545. The molecule has 0 fully saturated rings. The van der Waals surface area contributed by atoms with E-state index >= 15 is 0 Å². The van der Waals surface area contributed by atoms with Crippen LogP contribution in [0.1, 0.15) is 43.8 Å². The van der Waals surface area contributed by atoms with Crippen molar-refractivity contribution in [1.82, 2.24) is 20.1 Å². The molecule has 0 bridgehead atoms. The molecule has 102 valence electrons. The summed E-state index contributed by atoms with van der Waals surface area (Å²) in [4.78, 5) is 4.53. The first-order chi connectivity index (χ1) is 9.21. The highest BCUT2D eigenvalue weighted by atomic mass is 15.3. The van der Waals surface area contributed by atoms with E-state index in [1.165, 1.54) is 11.3 Å². The van der Waals surface area contributed by atoms with Crippen molar-refractivity contribution in [3.8, 4) is 5.82 Å².